The molecule has 1 aromatic heterocycles. The van der Waals surface area contributed by atoms with Crippen molar-refractivity contribution in [2.24, 2.45) is 5.16 Å². The van der Waals surface area contributed by atoms with Crippen molar-refractivity contribution in [3.63, 3.8) is 0 Å². The van der Waals surface area contributed by atoms with Crippen LogP contribution in [0, 0.1) is 0 Å². The first-order chi connectivity index (χ1) is 10.7. The first kappa shape index (κ1) is 14.7. The summed E-state index contributed by atoms with van der Waals surface area (Å²) in [5, 5.41) is 6.95. The Labute approximate surface area is 133 Å². The Hall–Kier alpha value is -2.21. The summed E-state index contributed by atoms with van der Waals surface area (Å²) in [5.74, 6) is -0.0741. The summed E-state index contributed by atoms with van der Waals surface area (Å²) in [6.45, 7) is 0.626. The molecular weight excluding hydrogens is 298 g/mol. The number of likely N-dealkylation sites (N-methyl/N-ethyl adjacent to an activating group) is 1. The fourth-order valence-corrected chi connectivity index (χ4v) is 2.92. The highest BCUT2D eigenvalue weighted by atomic mass is 32.1. The smallest absolute Gasteiger partial charge is 0.271 e. The van der Waals surface area contributed by atoms with Gasteiger partial charge in [0.2, 0.25) is 0 Å². The highest BCUT2D eigenvalue weighted by molar-refractivity contribution is 7.09. The molecule has 0 aliphatic carbocycles. The van der Waals surface area contributed by atoms with Gasteiger partial charge in [-0.3, -0.25) is 4.79 Å². The third-order valence-electron chi connectivity index (χ3n) is 3.58. The molecule has 1 unspecified atom stereocenters. The average molecular weight is 315 g/mol. The molecule has 1 aliphatic rings. The zero-order chi connectivity index (χ0) is 15.4. The summed E-state index contributed by atoms with van der Waals surface area (Å²) in [7, 11) is 1.79. The number of thiazole rings is 1. The number of amides is 1. The summed E-state index contributed by atoms with van der Waals surface area (Å²) < 4.78 is 0. The summed E-state index contributed by atoms with van der Waals surface area (Å²) >= 11 is 1.60. The van der Waals surface area contributed by atoms with Crippen molar-refractivity contribution in [2.75, 3.05) is 13.6 Å². The van der Waals surface area contributed by atoms with E-state index in [9.17, 15) is 4.79 Å². The van der Waals surface area contributed by atoms with E-state index in [1.54, 1.807) is 29.5 Å². The molecule has 2 heterocycles. The Morgan fingerprint density at radius 3 is 2.95 bits per heavy atom. The van der Waals surface area contributed by atoms with Crippen LogP contribution in [0.25, 0.3) is 0 Å². The van der Waals surface area contributed by atoms with E-state index in [0.29, 0.717) is 18.7 Å². The molecule has 1 amide bonds. The van der Waals surface area contributed by atoms with Crippen LogP contribution in [0.15, 0.2) is 47.1 Å². The van der Waals surface area contributed by atoms with E-state index < -0.39 is 0 Å². The van der Waals surface area contributed by atoms with Gasteiger partial charge in [-0.05, 0) is 5.56 Å². The van der Waals surface area contributed by atoms with Gasteiger partial charge >= 0.3 is 0 Å². The van der Waals surface area contributed by atoms with Gasteiger partial charge in [-0.2, -0.15) is 0 Å². The van der Waals surface area contributed by atoms with Crippen LogP contribution in [-0.4, -0.2) is 35.1 Å². The lowest BCUT2D eigenvalue weighted by Gasteiger charge is -2.15. The van der Waals surface area contributed by atoms with Crippen molar-refractivity contribution >= 4 is 23.0 Å². The highest BCUT2D eigenvalue weighted by Gasteiger charge is 2.28. The van der Waals surface area contributed by atoms with Crippen molar-refractivity contribution in [1.82, 2.24) is 9.88 Å². The maximum Gasteiger partial charge on any atom is 0.271 e. The molecule has 0 bridgehead atoms. The molecule has 5 nitrogen and oxygen atoms in total. The summed E-state index contributed by atoms with van der Waals surface area (Å²) in [6.07, 6.45) is 2.90. The SMILES string of the molecule is CN(CCc1nccs1)C(=O)C1=NOC(c2ccccc2)C1. The second-order valence-corrected chi connectivity index (χ2v) is 6.13. The number of rotatable bonds is 5. The minimum absolute atomic E-state index is 0.0741. The van der Waals surface area contributed by atoms with E-state index >= 15 is 0 Å². The number of benzene rings is 1. The summed E-state index contributed by atoms with van der Waals surface area (Å²) in [4.78, 5) is 23.7. The third kappa shape index (κ3) is 3.33. The van der Waals surface area contributed by atoms with Crippen molar-refractivity contribution in [1.29, 1.82) is 0 Å². The predicted molar refractivity (Wildman–Crippen MR) is 85.8 cm³/mol. The highest BCUT2D eigenvalue weighted by Crippen LogP contribution is 2.27. The van der Waals surface area contributed by atoms with E-state index in [0.717, 1.165) is 17.0 Å². The van der Waals surface area contributed by atoms with E-state index in [1.807, 2.05) is 35.7 Å². The van der Waals surface area contributed by atoms with Crippen LogP contribution in [0.1, 0.15) is 23.1 Å². The molecule has 0 fully saturated rings. The van der Waals surface area contributed by atoms with Crippen molar-refractivity contribution in [3.05, 3.63) is 52.5 Å². The van der Waals surface area contributed by atoms with Crippen LogP contribution in [0.4, 0.5) is 0 Å². The van der Waals surface area contributed by atoms with E-state index in [1.165, 1.54) is 0 Å². The van der Waals surface area contributed by atoms with Crippen LogP contribution >= 0.6 is 11.3 Å². The van der Waals surface area contributed by atoms with Crippen LogP contribution in [0.3, 0.4) is 0 Å². The van der Waals surface area contributed by atoms with Gasteiger partial charge in [-0.15, -0.1) is 11.3 Å². The molecular formula is C16H17N3O2S. The van der Waals surface area contributed by atoms with Crippen LogP contribution in [0.5, 0.6) is 0 Å². The molecule has 0 spiro atoms. The largest absolute Gasteiger partial charge is 0.387 e. The van der Waals surface area contributed by atoms with E-state index in [2.05, 4.69) is 10.1 Å². The molecule has 6 heteroatoms. The lowest BCUT2D eigenvalue weighted by atomic mass is 10.0. The predicted octanol–water partition coefficient (Wildman–Crippen LogP) is 2.66. The van der Waals surface area contributed by atoms with Gasteiger partial charge in [0.05, 0.1) is 5.01 Å². The molecule has 0 N–H and O–H groups in total. The maximum atomic E-state index is 12.4. The summed E-state index contributed by atoms with van der Waals surface area (Å²) in [6, 6.07) is 9.84. The van der Waals surface area contributed by atoms with Gasteiger partial charge in [0.15, 0.2) is 6.10 Å². The molecule has 22 heavy (non-hydrogen) atoms. The van der Waals surface area contributed by atoms with Gasteiger partial charge < -0.3 is 9.74 Å². The van der Waals surface area contributed by atoms with Gasteiger partial charge in [-0.25, -0.2) is 4.98 Å². The second-order valence-electron chi connectivity index (χ2n) is 5.15. The lowest BCUT2D eigenvalue weighted by Crippen LogP contribution is -2.34. The van der Waals surface area contributed by atoms with E-state index in [-0.39, 0.29) is 12.0 Å². The zero-order valence-electron chi connectivity index (χ0n) is 12.3. The molecule has 0 radical (unpaired) electrons. The summed E-state index contributed by atoms with van der Waals surface area (Å²) in [5.41, 5.74) is 1.52. The first-order valence-electron chi connectivity index (χ1n) is 7.15. The molecule has 1 aromatic carbocycles. The number of carbonyl (C=O) groups is 1. The fraction of sp³-hybridized carbons (Fsp3) is 0.312. The molecule has 0 saturated heterocycles. The van der Waals surface area contributed by atoms with Gasteiger partial charge in [0.25, 0.3) is 5.91 Å². The molecule has 114 valence electrons. The zero-order valence-corrected chi connectivity index (χ0v) is 13.1. The number of hydrogen-bond donors (Lipinski definition) is 0. The Morgan fingerprint density at radius 1 is 1.41 bits per heavy atom. The van der Waals surface area contributed by atoms with Crippen molar-refractivity contribution in [2.45, 2.75) is 18.9 Å². The van der Waals surface area contributed by atoms with Gasteiger partial charge in [0, 0.05) is 38.0 Å². The Kier molecular flexibility index (Phi) is 4.48. The third-order valence-corrected chi connectivity index (χ3v) is 4.42. The molecule has 1 aliphatic heterocycles. The van der Waals surface area contributed by atoms with Crippen molar-refractivity contribution in [3.8, 4) is 0 Å². The second kappa shape index (κ2) is 6.70. The fourth-order valence-electron chi connectivity index (χ4n) is 2.31. The monoisotopic (exact) mass is 315 g/mol. The minimum atomic E-state index is -0.160. The molecule has 3 rings (SSSR count). The topological polar surface area (TPSA) is 54.8 Å². The number of oxime groups is 1. The van der Waals surface area contributed by atoms with E-state index in [4.69, 9.17) is 4.84 Å². The number of carbonyl (C=O) groups excluding carboxylic acids is 1. The number of hydrogen-bond acceptors (Lipinski definition) is 5. The lowest BCUT2D eigenvalue weighted by molar-refractivity contribution is -0.123. The Bertz CT molecular complexity index is 655. The van der Waals surface area contributed by atoms with Gasteiger partial charge in [0.1, 0.15) is 5.71 Å². The van der Waals surface area contributed by atoms with Crippen LogP contribution in [-0.2, 0) is 16.1 Å². The quantitative estimate of drug-likeness (QED) is 0.852. The number of aromatic nitrogens is 1. The molecule has 1 atom stereocenters. The standard InChI is InChI=1S/C16H17N3O2S/c1-19(9-7-15-17-8-10-22-15)16(20)13-11-14(21-18-13)12-5-3-2-4-6-12/h2-6,8,10,14H,7,9,11H2,1H3. The Morgan fingerprint density at radius 2 is 2.23 bits per heavy atom. The van der Waals surface area contributed by atoms with Crippen molar-refractivity contribution < 1.29 is 9.63 Å². The number of nitrogens with zero attached hydrogens (tertiary/aromatic N) is 3. The Balaban J connectivity index is 1.54. The molecule has 2 aromatic rings. The normalized spacial score (nSPS) is 17.0. The molecule has 0 saturated carbocycles. The van der Waals surface area contributed by atoms with Gasteiger partial charge in [-0.1, -0.05) is 35.5 Å². The van der Waals surface area contributed by atoms with Crippen LogP contribution in [0.2, 0.25) is 0 Å². The first-order valence-corrected chi connectivity index (χ1v) is 8.03. The van der Waals surface area contributed by atoms with Crippen LogP contribution < -0.4 is 0 Å². The average Bonchev–Trinajstić information content (AvgIpc) is 3.24. The minimum Gasteiger partial charge on any atom is -0.387 e. The maximum absolute atomic E-state index is 12.4.